The summed E-state index contributed by atoms with van der Waals surface area (Å²) in [7, 11) is 0. The first-order valence-electron chi connectivity index (χ1n) is 5.22. The number of carbonyl (C=O) groups is 2. The summed E-state index contributed by atoms with van der Waals surface area (Å²) in [5.41, 5.74) is 5.25. The third-order valence-electron chi connectivity index (χ3n) is 2.25. The highest BCUT2D eigenvalue weighted by Crippen LogP contribution is 2.06. The van der Waals surface area contributed by atoms with Gasteiger partial charge in [-0.25, -0.2) is 0 Å². The normalized spacial score (nSPS) is 22.1. The first kappa shape index (κ1) is 12.0. The van der Waals surface area contributed by atoms with Crippen LogP contribution in [0.5, 0.6) is 0 Å². The molecule has 2 amide bonds. The summed E-state index contributed by atoms with van der Waals surface area (Å²) in [6.07, 6.45) is 1.50. The second-order valence-electron chi connectivity index (χ2n) is 4.77. The van der Waals surface area contributed by atoms with Gasteiger partial charge in [-0.1, -0.05) is 0 Å². The van der Waals surface area contributed by atoms with Gasteiger partial charge in [0.1, 0.15) is 0 Å². The standard InChI is InChI=1S/C10H19N3O2/c1-10(2,11)5-9(15)13-7-3-4-8(14)12-6-7/h7H,3-6,11H2,1-2H3,(H,12,14)(H,13,15). The van der Waals surface area contributed by atoms with Gasteiger partial charge in [0.2, 0.25) is 11.8 Å². The molecule has 1 aliphatic rings. The van der Waals surface area contributed by atoms with Crippen LogP contribution in [0.1, 0.15) is 33.1 Å². The van der Waals surface area contributed by atoms with Gasteiger partial charge in [0.05, 0.1) is 0 Å². The van der Waals surface area contributed by atoms with Crippen molar-refractivity contribution < 1.29 is 9.59 Å². The van der Waals surface area contributed by atoms with Crippen molar-refractivity contribution in [2.24, 2.45) is 5.73 Å². The average molecular weight is 213 g/mol. The van der Waals surface area contributed by atoms with Gasteiger partial charge in [-0.2, -0.15) is 0 Å². The lowest BCUT2D eigenvalue weighted by atomic mass is 10.0. The molecule has 0 aromatic heterocycles. The van der Waals surface area contributed by atoms with Crippen LogP contribution in [0.3, 0.4) is 0 Å². The van der Waals surface area contributed by atoms with E-state index in [2.05, 4.69) is 10.6 Å². The minimum atomic E-state index is -0.484. The zero-order chi connectivity index (χ0) is 11.5. The second-order valence-corrected chi connectivity index (χ2v) is 4.77. The maximum absolute atomic E-state index is 11.5. The van der Waals surface area contributed by atoms with Crippen molar-refractivity contribution in [3.8, 4) is 0 Å². The van der Waals surface area contributed by atoms with Crippen molar-refractivity contribution >= 4 is 11.8 Å². The van der Waals surface area contributed by atoms with Gasteiger partial charge in [0.15, 0.2) is 0 Å². The fraction of sp³-hybridized carbons (Fsp3) is 0.800. The smallest absolute Gasteiger partial charge is 0.222 e. The average Bonchev–Trinajstić information content (AvgIpc) is 2.05. The second kappa shape index (κ2) is 4.61. The minimum Gasteiger partial charge on any atom is -0.354 e. The van der Waals surface area contributed by atoms with E-state index in [0.29, 0.717) is 25.8 Å². The number of amides is 2. The van der Waals surface area contributed by atoms with Gasteiger partial charge in [0.25, 0.3) is 0 Å². The highest BCUT2D eigenvalue weighted by Gasteiger charge is 2.22. The van der Waals surface area contributed by atoms with Crippen molar-refractivity contribution in [3.05, 3.63) is 0 Å². The molecule has 1 aliphatic heterocycles. The summed E-state index contributed by atoms with van der Waals surface area (Å²) in [5.74, 6) is 0.00306. The van der Waals surface area contributed by atoms with E-state index in [1.165, 1.54) is 0 Å². The quantitative estimate of drug-likeness (QED) is 0.591. The third-order valence-corrected chi connectivity index (χ3v) is 2.25. The number of piperidine rings is 1. The van der Waals surface area contributed by atoms with Gasteiger partial charge in [-0.15, -0.1) is 0 Å². The maximum Gasteiger partial charge on any atom is 0.222 e. The summed E-state index contributed by atoms with van der Waals surface area (Å²) in [5, 5.41) is 5.58. The predicted molar refractivity (Wildman–Crippen MR) is 57.1 cm³/mol. The lowest BCUT2D eigenvalue weighted by Crippen LogP contribution is -2.49. The van der Waals surface area contributed by atoms with Crippen molar-refractivity contribution in [2.75, 3.05) is 6.54 Å². The number of nitrogens with one attached hydrogen (secondary N) is 2. The van der Waals surface area contributed by atoms with Gasteiger partial charge >= 0.3 is 0 Å². The monoisotopic (exact) mass is 213 g/mol. The molecule has 86 valence electrons. The summed E-state index contributed by atoms with van der Waals surface area (Å²) < 4.78 is 0. The Labute approximate surface area is 89.8 Å². The largest absolute Gasteiger partial charge is 0.354 e. The van der Waals surface area contributed by atoms with E-state index in [1.54, 1.807) is 0 Å². The lowest BCUT2D eigenvalue weighted by molar-refractivity contribution is -0.126. The zero-order valence-corrected chi connectivity index (χ0v) is 9.30. The Kier molecular flexibility index (Phi) is 3.68. The Balaban J connectivity index is 2.29. The van der Waals surface area contributed by atoms with Crippen LogP contribution in [0.4, 0.5) is 0 Å². The molecule has 15 heavy (non-hydrogen) atoms. The zero-order valence-electron chi connectivity index (χ0n) is 9.30. The topological polar surface area (TPSA) is 84.2 Å². The maximum atomic E-state index is 11.5. The molecule has 5 heteroatoms. The molecule has 1 rings (SSSR count). The number of hydrogen-bond donors (Lipinski definition) is 3. The van der Waals surface area contributed by atoms with Crippen LogP contribution in [0, 0.1) is 0 Å². The fourth-order valence-electron chi connectivity index (χ4n) is 1.55. The van der Waals surface area contributed by atoms with E-state index in [0.717, 1.165) is 0 Å². The van der Waals surface area contributed by atoms with Crippen molar-refractivity contribution in [1.82, 2.24) is 10.6 Å². The number of hydrogen-bond acceptors (Lipinski definition) is 3. The Morgan fingerprint density at radius 1 is 1.67 bits per heavy atom. The minimum absolute atomic E-state index is 0.0522. The van der Waals surface area contributed by atoms with E-state index < -0.39 is 5.54 Å². The predicted octanol–water partition coefficient (Wildman–Crippen LogP) is -0.491. The molecule has 0 bridgehead atoms. The summed E-state index contributed by atoms with van der Waals surface area (Å²) in [6, 6.07) is 0.0533. The third kappa shape index (κ3) is 4.78. The van der Waals surface area contributed by atoms with E-state index in [4.69, 9.17) is 5.73 Å². The molecule has 0 aliphatic carbocycles. The van der Waals surface area contributed by atoms with E-state index >= 15 is 0 Å². The van der Waals surface area contributed by atoms with Gasteiger partial charge in [0, 0.05) is 31.0 Å². The molecule has 1 heterocycles. The highest BCUT2D eigenvalue weighted by molar-refractivity contribution is 5.79. The van der Waals surface area contributed by atoms with Crippen LogP contribution < -0.4 is 16.4 Å². The van der Waals surface area contributed by atoms with Gasteiger partial charge in [-0.05, 0) is 20.3 Å². The molecule has 0 aromatic carbocycles. The highest BCUT2D eigenvalue weighted by atomic mass is 16.2. The number of nitrogens with two attached hydrogens (primary N) is 1. The molecule has 1 fully saturated rings. The van der Waals surface area contributed by atoms with Crippen LogP contribution in [0.15, 0.2) is 0 Å². The molecule has 4 N–H and O–H groups in total. The molecule has 1 saturated heterocycles. The van der Waals surface area contributed by atoms with Crippen molar-refractivity contribution in [1.29, 1.82) is 0 Å². The first-order chi connectivity index (χ1) is 6.87. The summed E-state index contributed by atoms with van der Waals surface area (Å²) in [4.78, 5) is 22.4. The summed E-state index contributed by atoms with van der Waals surface area (Å²) in [6.45, 7) is 4.15. The Hall–Kier alpha value is -1.10. The van der Waals surface area contributed by atoms with Gasteiger partial charge in [-0.3, -0.25) is 9.59 Å². The Morgan fingerprint density at radius 3 is 2.80 bits per heavy atom. The molecular formula is C10H19N3O2. The van der Waals surface area contributed by atoms with Crippen LogP contribution in [0.25, 0.3) is 0 Å². The molecule has 0 saturated carbocycles. The van der Waals surface area contributed by atoms with Crippen LogP contribution in [-0.2, 0) is 9.59 Å². The van der Waals surface area contributed by atoms with E-state index in [1.807, 2.05) is 13.8 Å². The molecule has 1 atom stereocenters. The molecule has 1 unspecified atom stereocenters. The Morgan fingerprint density at radius 2 is 2.33 bits per heavy atom. The number of rotatable bonds is 3. The molecule has 0 spiro atoms. The summed E-state index contributed by atoms with van der Waals surface area (Å²) >= 11 is 0. The van der Waals surface area contributed by atoms with Gasteiger partial charge < -0.3 is 16.4 Å². The first-order valence-corrected chi connectivity index (χ1v) is 5.22. The van der Waals surface area contributed by atoms with Crippen LogP contribution >= 0.6 is 0 Å². The van der Waals surface area contributed by atoms with Crippen LogP contribution in [-0.4, -0.2) is 29.9 Å². The molecule has 5 nitrogen and oxygen atoms in total. The molecule has 0 radical (unpaired) electrons. The SMILES string of the molecule is CC(C)(N)CC(=O)NC1CCC(=O)NC1. The Bertz CT molecular complexity index is 248. The molecular weight excluding hydrogens is 194 g/mol. The van der Waals surface area contributed by atoms with E-state index in [9.17, 15) is 9.59 Å². The fourth-order valence-corrected chi connectivity index (χ4v) is 1.55. The van der Waals surface area contributed by atoms with E-state index in [-0.39, 0.29) is 17.9 Å². The number of carbonyl (C=O) groups excluding carboxylic acids is 2. The molecule has 0 aromatic rings. The van der Waals surface area contributed by atoms with Crippen LogP contribution in [0.2, 0.25) is 0 Å². The van der Waals surface area contributed by atoms with Crippen molar-refractivity contribution in [3.63, 3.8) is 0 Å². The van der Waals surface area contributed by atoms with Crippen molar-refractivity contribution in [2.45, 2.75) is 44.7 Å². The lowest BCUT2D eigenvalue weighted by Gasteiger charge is -2.25.